The van der Waals surface area contributed by atoms with Gasteiger partial charge in [0.05, 0.1) is 0 Å². The van der Waals surface area contributed by atoms with Gasteiger partial charge in [0.2, 0.25) is 0 Å². The number of carboxylic acids is 1. The maximum atomic E-state index is 10.2. The molecule has 0 fully saturated rings. The predicted molar refractivity (Wildman–Crippen MR) is 57.1 cm³/mol. The number of carboxylic acid groups (broad SMARTS) is 1. The van der Waals surface area contributed by atoms with Crippen LogP contribution in [0.15, 0.2) is 30.3 Å². The van der Waals surface area contributed by atoms with E-state index in [0.29, 0.717) is 6.42 Å². The van der Waals surface area contributed by atoms with Gasteiger partial charge in [0.1, 0.15) is 0 Å². The van der Waals surface area contributed by atoms with Crippen LogP contribution in [-0.2, 0) is 11.2 Å². The largest absolute Gasteiger partial charge is 0.481 e. The molecule has 3 heteroatoms. The fraction of sp³-hybridized carbons (Fsp3) is 0.364. The molecule has 0 aliphatic rings. The van der Waals surface area contributed by atoms with Crippen molar-refractivity contribution in [3.8, 4) is 0 Å². The second-order valence-electron chi connectivity index (χ2n) is 2.79. The Hall–Kier alpha value is -1.35. The summed E-state index contributed by atoms with van der Waals surface area (Å²) in [7, 11) is 0. The van der Waals surface area contributed by atoms with Crippen molar-refractivity contribution < 1.29 is 9.90 Å². The Morgan fingerprint density at radius 1 is 1.36 bits per heavy atom. The molecule has 14 heavy (non-hydrogen) atoms. The van der Waals surface area contributed by atoms with E-state index < -0.39 is 5.97 Å². The molecule has 78 valence electrons. The number of aryl methyl sites for hydroxylation is 1. The van der Waals surface area contributed by atoms with Crippen molar-refractivity contribution in [2.45, 2.75) is 19.8 Å². The highest BCUT2D eigenvalue weighted by Gasteiger charge is 1.96. The van der Waals surface area contributed by atoms with Gasteiger partial charge in [0, 0.05) is 6.42 Å². The van der Waals surface area contributed by atoms with E-state index in [9.17, 15) is 4.79 Å². The summed E-state index contributed by atoms with van der Waals surface area (Å²) in [5.41, 5.74) is 5.93. The minimum absolute atomic E-state index is 0.212. The van der Waals surface area contributed by atoms with E-state index in [1.807, 2.05) is 37.3 Å². The van der Waals surface area contributed by atoms with Gasteiger partial charge in [0.25, 0.3) is 0 Å². The van der Waals surface area contributed by atoms with Gasteiger partial charge in [-0.25, -0.2) is 0 Å². The third kappa shape index (κ3) is 7.31. The zero-order valence-corrected chi connectivity index (χ0v) is 8.44. The monoisotopic (exact) mass is 195 g/mol. The second-order valence-corrected chi connectivity index (χ2v) is 2.79. The van der Waals surface area contributed by atoms with Crippen molar-refractivity contribution >= 4 is 5.97 Å². The van der Waals surface area contributed by atoms with Crippen LogP contribution in [0.4, 0.5) is 0 Å². The summed E-state index contributed by atoms with van der Waals surface area (Å²) in [6.45, 7) is 2.65. The van der Waals surface area contributed by atoms with Crippen LogP contribution >= 0.6 is 0 Å². The number of aliphatic carboxylic acids is 1. The maximum Gasteiger partial charge on any atom is 0.303 e. The quantitative estimate of drug-likeness (QED) is 0.771. The minimum atomic E-state index is -0.742. The van der Waals surface area contributed by atoms with E-state index in [-0.39, 0.29) is 6.42 Å². The molecule has 0 aliphatic carbocycles. The summed E-state index contributed by atoms with van der Waals surface area (Å²) in [6.07, 6.45) is 0.834. The molecule has 0 saturated carbocycles. The van der Waals surface area contributed by atoms with E-state index >= 15 is 0 Å². The highest BCUT2D eigenvalue weighted by Crippen LogP contribution is 2.01. The highest BCUT2D eigenvalue weighted by molar-refractivity contribution is 5.67. The summed E-state index contributed by atoms with van der Waals surface area (Å²) in [5, 5.41) is 8.37. The summed E-state index contributed by atoms with van der Waals surface area (Å²) < 4.78 is 0. The van der Waals surface area contributed by atoms with E-state index in [0.717, 1.165) is 12.1 Å². The zero-order chi connectivity index (χ0) is 10.8. The van der Waals surface area contributed by atoms with Crippen LogP contribution in [0.5, 0.6) is 0 Å². The third-order valence-electron chi connectivity index (χ3n) is 1.47. The predicted octanol–water partition coefficient (Wildman–Crippen LogP) is 1.67. The Morgan fingerprint density at radius 3 is 2.29 bits per heavy atom. The smallest absolute Gasteiger partial charge is 0.303 e. The molecule has 0 saturated heterocycles. The lowest BCUT2D eigenvalue weighted by atomic mass is 10.1. The number of benzene rings is 1. The van der Waals surface area contributed by atoms with E-state index in [2.05, 4.69) is 0 Å². The third-order valence-corrected chi connectivity index (χ3v) is 1.47. The first kappa shape index (κ1) is 12.7. The summed E-state index contributed by atoms with van der Waals surface area (Å²) in [5.74, 6) is -0.742. The van der Waals surface area contributed by atoms with Gasteiger partial charge in [0.15, 0.2) is 0 Å². The number of hydrogen-bond donors (Lipinski definition) is 2. The number of nitrogens with two attached hydrogens (primary N) is 1. The molecule has 3 N–H and O–H groups in total. The molecule has 0 radical (unpaired) electrons. The lowest BCUT2D eigenvalue weighted by Gasteiger charge is -1.95. The maximum absolute atomic E-state index is 10.2. The van der Waals surface area contributed by atoms with Gasteiger partial charge in [-0.1, -0.05) is 37.3 Å². The molecule has 3 nitrogen and oxygen atoms in total. The molecular weight excluding hydrogens is 178 g/mol. The van der Waals surface area contributed by atoms with Crippen LogP contribution in [0, 0.1) is 0 Å². The van der Waals surface area contributed by atoms with Crippen molar-refractivity contribution in [3.63, 3.8) is 0 Å². The van der Waals surface area contributed by atoms with Gasteiger partial charge in [-0.2, -0.15) is 0 Å². The zero-order valence-electron chi connectivity index (χ0n) is 8.44. The van der Waals surface area contributed by atoms with Crippen LogP contribution in [0.3, 0.4) is 0 Å². The van der Waals surface area contributed by atoms with Crippen LogP contribution in [-0.4, -0.2) is 17.6 Å². The fourth-order valence-electron chi connectivity index (χ4n) is 0.896. The summed E-state index contributed by atoms with van der Waals surface area (Å²) in [4.78, 5) is 10.2. The number of hydrogen-bond acceptors (Lipinski definition) is 2. The van der Waals surface area contributed by atoms with Crippen molar-refractivity contribution in [1.29, 1.82) is 0 Å². The second kappa shape index (κ2) is 8.26. The van der Waals surface area contributed by atoms with Gasteiger partial charge in [-0.05, 0) is 18.5 Å². The van der Waals surface area contributed by atoms with Crippen LogP contribution in [0.1, 0.15) is 18.9 Å². The first-order valence-corrected chi connectivity index (χ1v) is 4.66. The SMILES string of the molecule is CCN.O=C(O)CCc1ccccc1. The molecule has 0 bridgehead atoms. The van der Waals surface area contributed by atoms with Crippen molar-refractivity contribution in [1.82, 2.24) is 0 Å². The fourth-order valence-corrected chi connectivity index (χ4v) is 0.896. The molecule has 1 aromatic carbocycles. The van der Waals surface area contributed by atoms with Crippen LogP contribution in [0.2, 0.25) is 0 Å². The standard InChI is InChI=1S/C9H10O2.C2H7N/c10-9(11)7-6-8-4-2-1-3-5-8;1-2-3/h1-5H,6-7H2,(H,10,11);2-3H2,1H3. The van der Waals surface area contributed by atoms with Gasteiger partial charge >= 0.3 is 5.97 Å². The Bertz CT molecular complexity index is 247. The van der Waals surface area contributed by atoms with Crippen LogP contribution < -0.4 is 5.73 Å². The van der Waals surface area contributed by atoms with Crippen molar-refractivity contribution in [2.24, 2.45) is 5.73 Å². The van der Waals surface area contributed by atoms with E-state index in [1.165, 1.54) is 0 Å². The normalized spacial score (nSPS) is 8.71. The van der Waals surface area contributed by atoms with E-state index in [4.69, 9.17) is 10.8 Å². The molecule has 1 aromatic rings. The molecule has 0 unspecified atom stereocenters. The summed E-state index contributed by atoms with van der Waals surface area (Å²) >= 11 is 0. The van der Waals surface area contributed by atoms with E-state index in [1.54, 1.807) is 0 Å². The van der Waals surface area contributed by atoms with Crippen molar-refractivity contribution in [2.75, 3.05) is 6.54 Å². The van der Waals surface area contributed by atoms with Gasteiger partial charge in [-0.15, -0.1) is 0 Å². The molecule has 0 heterocycles. The first-order valence-electron chi connectivity index (χ1n) is 4.66. The Kier molecular flexibility index (Phi) is 7.46. The molecule has 0 spiro atoms. The average molecular weight is 195 g/mol. The minimum Gasteiger partial charge on any atom is -0.481 e. The topological polar surface area (TPSA) is 63.3 Å². The summed E-state index contributed by atoms with van der Waals surface area (Å²) in [6, 6.07) is 9.62. The lowest BCUT2D eigenvalue weighted by Crippen LogP contribution is -1.96. The Balaban J connectivity index is 0.000000500. The molecular formula is C11H17NO2. The van der Waals surface area contributed by atoms with Crippen molar-refractivity contribution in [3.05, 3.63) is 35.9 Å². The average Bonchev–Trinajstić information content (AvgIpc) is 2.18. The Morgan fingerprint density at radius 2 is 1.86 bits per heavy atom. The molecule has 0 amide bonds. The number of rotatable bonds is 3. The van der Waals surface area contributed by atoms with Gasteiger partial charge in [-0.3, -0.25) is 4.79 Å². The number of carbonyl (C=O) groups is 1. The first-order chi connectivity index (χ1) is 6.70. The molecule has 1 rings (SSSR count). The Labute approximate surface area is 84.6 Å². The highest BCUT2D eigenvalue weighted by atomic mass is 16.4. The lowest BCUT2D eigenvalue weighted by molar-refractivity contribution is -0.136. The molecule has 0 atom stereocenters. The van der Waals surface area contributed by atoms with Crippen LogP contribution in [0.25, 0.3) is 0 Å². The van der Waals surface area contributed by atoms with Gasteiger partial charge < -0.3 is 10.8 Å². The molecule has 0 aliphatic heterocycles. The molecule has 0 aromatic heterocycles.